The number of carbonyl (C=O) groups excluding carboxylic acids is 1. The molecule has 1 unspecified atom stereocenters. The number of carbonyl (C=O) groups is 1. The molecule has 148 valence electrons. The number of halogens is 3. The van der Waals surface area contributed by atoms with Crippen LogP contribution in [0.15, 0.2) is 48.5 Å². The van der Waals surface area contributed by atoms with Gasteiger partial charge in [0.1, 0.15) is 23.9 Å². The zero-order valence-electron chi connectivity index (χ0n) is 14.4. The monoisotopic (exact) mass is 395 g/mol. The lowest BCUT2D eigenvalue weighted by Crippen LogP contribution is -2.26. The standard InChI is InChI=1S/C18H16F3N3O4/c19-18(20,21)28-14-7-5-13(6-8-14)26-10-15-9-24(17(25)27-15)12-3-1-11(2-4-12)16(22)23/h1-8,15H,9-10H2,(H3,22,23). The first kappa shape index (κ1) is 19.3. The molecular formula is C18H16F3N3O4. The van der Waals surface area contributed by atoms with Crippen LogP contribution in [-0.2, 0) is 4.74 Å². The SMILES string of the molecule is N=C(N)c1ccc(N2CC(COc3ccc(OC(F)(F)F)cc3)OC2=O)cc1. The van der Waals surface area contributed by atoms with Gasteiger partial charge in [0.05, 0.1) is 6.54 Å². The first-order valence-corrected chi connectivity index (χ1v) is 8.12. The Balaban J connectivity index is 1.55. The number of nitrogen functional groups attached to an aromatic ring is 1. The summed E-state index contributed by atoms with van der Waals surface area (Å²) in [5.74, 6) is -0.115. The number of nitrogens with two attached hydrogens (primary N) is 1. The van der Waals surface area contributed by atoms with Crippen molar-refractivity contribution in [3.63, 3.8) is 0 Å². The van der Waals surface area contributed by atoms with Gasteiger partial charge in [-0.05, 0) is 48.5 Å². The van der Waals surface area contributed by atoms with E-state index in [1.807, 2.05) is 0 Å². The van der Waals surface area contributed by atoms with Crippen LogP contribution in [0.25, 0.3) is 0 Å². The van der Waals surface area contributed by atoms with Crippen LogP contribution in [-0.4, -0.2) is 37.5 Å². The molecule has 3 N–H and O–H groups in total. The number of hydrogen-bond acceptors (Lipinski definition) is 5. The van der Waals surface area contributed by atoms with Crippen molar-refractivity contribution in [2.75, 3.05) is 18.1 Å². The third-order valence-electron chi connectivity index (χ3n) is 3.86. The van der Waals surface area contributed by atoms with E-state index in [2.05, 4.69) is 4.74 Å². The summed E-state index contributed by atoms with van der Waals surface area (Å²) >= 11 is 0. The fourth-order valence-corrected chi connectivity index (χ4v) is 2.57. The zero-order chi connectivity index (χ0) is 20.3. The highest BCUT2D eigenvalue weighted by atomic mass is 19.4. The summed E-state index contributed by atoms with van der Waals surface area (Å²) in [5.41, 5.74) is 6.52. The number of anilines is 1. The van der Waals surface area contributed by atoms with Crippen LogP contribution >= 0.6 is 0 Å². The van der Waals surface area contributed by atoms with Gasteiger partial charge < -0.3 is 19.9 Å². The molecule has 1 heterocycles. The van der Waals surface area contributed by atoms with Gasteiger partial charge in [0, 0.05) is 11.3 Å². The summed E-state index contributed by atoms with van der Waals surface area (Å²) < 4.78 is 50.9. The third-order valence-corrected chi connectivity index (χ3v) is 3.86. The maximum Gasteiger partial charge on any atom is 0.573 e. The molecule has 1 fully saturated rings. The Hall–Kier alpha value is -3.43. The smallest absolute Gasteiger partial charge is 0.490 e. The van der Waals surface area contributed by atoms with Crippen LogP contribution in [0, 0.1) is 5.41 Å². The van der Waals surface area contributed by atoms with Gasteiger partial charge in [-0.3, -0.25) is 10.3 Å². The molecule has 0 spiro atoms. The first-order valence-electron chi connectivity index (χ1n) is 8.12. The number of rotatable bonds is 6. The molecule has 0 aromatic heterocycles. The molecule has 10 heteroatoms. The Morgan fingerprint density at radius 2 is 1.75 bits per heavy atom. The van der Waals surface area contributed by atoms with Crippen molar-refractivity contribution < 1.29 is 32.2 Å². The van der Waals surface area contributed by atoms with Crippen LogP contribution < -0.4 is 20.1 Å². The fourth-order valence-electron chi connectivity index (χ4n) is 2.57. The third kappa shape index (κ3) is 4.84. The maximum atomic E-state index is 12.1. The van der Waals surface area contributed by atoms with E-state index >= 15 is 0 Å². The average molecular weight is 395 g/mol. The van der Waals surface area contributed by atoms with Gasteiger partial charge in [-0.2, -0.15) is 0 Å². The highest BCUT2D eigenvalue weighted by Gasteiger charge is 2.33. The lowest BCUT2D eigenvalue weighted by Gasteiger charge is -2.14. The maximum absolute atomic E-state index is 12.1. The van der Waals surface area contributed by atoms with E-state index < -0.39 is 18.6 Å². The number of ether oxygens (including phenoxy) is 3. The predicted octanol–water partition coefficient (Wildman–Crippen LogP) is 3.27. The van der Waals surface area contributed by atoms with Gasteiger partial charge in [-0.15, -0.1) is 13.2 Å². The number of nitrogens with one attached hydrogen (secondary N) is 1. The van der Waals surface area contributed by atoms with Crippen LogP contribution in [0.1, 0.15) is 5.56 Å². The molecule has 0 aliphatic carbocycles. The van der Waals surface area contributed by atoms with E-state index in [0.29, 0.717) is 17.0 Å². The molecule has 28 heavy (non-hydrogen) atoms. The number of amides is 1. The van der Waals surface area contributed by atoms with Crippen molar-refractivity contribution in [2.45, 2.75) is 12.5 Å². The van der Waals surface area contributed by atoms with Crippen LogP contribution in [0.3, 0.4) is 0 Å². The number of hydrogen-bond donors (Lipinski definition) is 2. The number of alkyl halides is 3. The minimum Gasteiger partial charge on any atom is -0.490 e. The second-order valence-electron chi connectivity index (χ2n) is 5.91. The molecule has 1 aliphatic rings. The normalized spacial score (nSPS) is 16.6. The Bertz CT molecular complexity index is 854. The van der Waals surface area contributed by atoms with Gasteiger partial charge in [0.2, 0.25) is 0 Å². The fraction of sp³-hybridized carbons (Fsp3) is 0.222. The summed E-state index contributed by atoms with van der Waals surface area (Å²) in [4.78, 5) is 13.5. The number of benzene rings is 2. The predicted molar refractivity (Wildman–Crippen MR) is 93.7 cm³/mol. The van der Waals surface area contributed by atoms with Gasteiger partial charge in [-0.1, -0.05) is 0 Å². The molecule has 1 aliphatic heterocycles. The Morgan fingerprint density at radius 1 is 1.14 bits per heavy atom. The summed E-state index contributed by atoms with van der Waals surface area (Å²) in [6.07, 6.45) is -5.85. The van der Waals surface area contributed by atoms with Crippen molar-refractivity contribution in [3.8, 4) is 11.5 Å². The summed E-state index contributed by atoms with van der Waals surface area (Å²) in [7, 11) is 0. The molecule has 2 aromatic rings. The molecule has 1 atom stereocenters. The van der Waals surface area contributed by atoms with E-state index in [1.54, 1.807) is 24.3 Å². The van der Waals surface area contributed by atoms with Crippen molar-refractivity contribution in [3.05, 3.63) is 54.1 Å². The van der Waals surface area contributed by atoms with Crippen LogP contribution in [0.4, 0.5) is 23.7 Å². The Kier molecular flexibility index (Phi) is 5.30. The Morgan fingerprint density at radius 3 is 2.32 bits per heavy atom. The largest absolute Gasteiger partial charge is 0.573 e. The molecule has 0 saturated carbocycles. The van der Waals surface area contributed by atoms with Crippen molar-refractivity contribution in [2.24, 2.45) is 5.73 Å². The topological polar surface area (TPSA) is 97.9 Å². The van der Waals surface area contributed by atoms with Gasteiger partial charge in [0.15, 0.2) is 6.10 Å². The minimum absolute atomic E-state index is 0.0350. The van der Waals surface area contributed by atoms with Gasteiger partial charge in [-0.25, -0.2) is 4.79 Å². The van der Waals surface area contributed by atoms with E-state index in [4.69, 9.17) is 20.6 Å². The van der Waals surface area contributed by atoms with E-state index in [9.17, 15) is 18.0 Å². The summed E-state index contributed by atoms with van der Waals surface area (Å²) in [6, 6.07) is 11.5. The van der Waals surface area contributed by atoms with Gasteiger partial charge >= 0.3 is 12.5 Å². The molecule has 0 radical (unpaired) electrons. The van der Waals surface area contributed by atoms with E-state index in [1.165, 1.54) is 17.0 Å². The second-order valence-corrected chi connectivity index (χ2v) is 5.91. The highest BCUT2D eigenvalue weighted by molar-refractivity contribution is 5.96. The molecule has 7 nitrogen and oxygen atoms in total. The minimum atomic E-state index is -4.76. The molecule has 2 aromatic carbocycles. The average Bonchev–Trinajstić information content (AvgIpc) is 3.00. The summed E-state index contributed by atoms with van der Waals surface area (Å²) in [6.45, 7) is 0.279. The van der Waals surface area contributed by atoms with Crippen molar-refractivity contribution >= 4 is 17.6 Å². The van der Waals surface area contributed by atoms with Gasteiger partial charge in [0.25, 0.3) is 0 Å². The zero-order valence-corrected chi connectivity index (χ0v) is 14.4. The van der Waals surface area contributed by atoms with E-state index in [-0.39, 0.29) is 24.7 Å². The van der Waals surface area contributed by atoms with Crippen molar-refractivity contribution in [1.29, 1.82) is 5.41 Å². The van der Waals surface area contributed by atoms with E-state index in [0.717, 1.165) is 12.1 Å². The van der Waals surface area contributed by atoms with Crippen LogP contribution in [0.2, 0.25) is 0 Å². The Labute approximate surface area is 157 Å². The molecule has 3 rings (SSSR count). The molecular weight excluding hydrogens is 379 g/mol. The lowest BCUT2D eigenvalue weighted by atomic mass is 10.2. The molecule has 0 bridgehead atoms. The molecule has 1 saturated heterocycles. The number of amidine groups is 1. The highest BCUT2D eigenvalue weighted by Crippen LogP contribution is 2.26. The number of cyclic esters (lactones) is 1. The summed E-state index contributed by atoms with van der Waals surface area (Å²) in [5, 5.41) is 7.37. The first-order chi connectivity index (χ1) is 13.2. The quantitative estimate of drug-likeness (QED) is 0.578. The van der Waals surface area contributed by atoms with Crippen LogP contribution in [0.5, 0.6) is 11.5 Å². The molecule has 1 amide bonds. The second kappa shape index (κ2) is 7.67. The lowest BCUT2D eigenvalue weighted by molar-refractivity contribution is -0.274. The number of nitrogens with zero attached hydrogens (tertiary/aromatic N) is 1. The van der Waals surface area contributed by atoms with Crippen molar-refractivity contribution in [1.82, 2.24) is 0 Å².